The number of hydrogen-bond donors (Lipinski definition) is 1. The van der Waals surface area contributed by atoms with Crippen molar-refractivity contribution in [3.8, 4) is 0 Å². The number of piperidine rings is 1. The molecule has 2 N–H and O–H groups in total. The molecule has 114 valence electrons. The van der Waals surface area contributed by atoms with E-state index in [-0.39, 0.29) is 29.5 Å². The monoisotopic (exact) mass is 291 g/mol. The molecule has 6 nitrogen and oxygen atoms in total. The highest BCUT2D eigenvalue weighted by molar-refractivity contribution is 5.83. The van der Waals surface area contributed by atoms with Gasteiger partial charge < -0.3 is 10.6 Å². The first-order chi connectivity index (χ1) is 9.90. The van der Waals surface area contributed by atoms with Gasteiger partial charge in [-0.15, -0.1) is 0 Å². The van der Waals surface area contributed by atoms with E-state index in [0.717, 1.165) is 6.42 Å². The molecule has 1 heterocycles. The number of likely N-dealkylation sites (tertiary alicyclic amines) is 1. The summed E-state index contributed by atoms with van der Waals surface area (Å²) >= 11 is 0. The van der Waals surface area contributed by atoms with Crippen molar-refractivity contribution >= 4 is 11.6 Å². The van der Waals surface area contributed by atoms with Gasteiger partial charge in [-0.3, -0.25) is 14.9 Å². The zero-order valence-electron chi connectivity index (χ0n) is 12.4. The van der Waals surface area contributed by atoms with Crippen molar-refractivity contribution in [3.63, 3.8) is 0 Å². The average Bonchev–Trinajstić information content (AvgIpc) is 2.48. The third-order valence-electron chi connectivity index (χ3n) is 4.23. The average molecular weight is 291 g/mol. The van der Waals surface area contributed by atoms with E-state index in [4.69, 9.17) is 5.73 Å². The molecule has 1 amide bonds. The highest BCUT2D eigenvalue weighted by atomic mass is 16.6. The fourth-order valence-electron chi connectivity index (χ4n) is 2.69. The lowest BCUT2D eigenvalue weighted by Crippen LogP contribution is -2.49. The Balaban J connectivity index is 2.12. The first kappa shape index (κ1) is 15.4. The van der Waals surface area contributed by atoms with Gasteiger partial charge in [0.1, 0.15) is 0 Å². The van der Waals surface area contributed by atoms with Crippen LogP contribution in [-0.2, 0) is 4.79 Å². The molecular formula is C15H21N3O3. The van der Waals surface area contributed by atoms with Crippen LogP contribution in [0.25, 0.3) is 0 Å². The normalized spacial score (nSPS) is 23.7. The SMILES string of the molecule is CC(C(=O)N1CCC(N)C(C)C1)c1cccc([N+](=O)[O-])c1. The van der Waals surface area contributed by atoms with Crippen LogP contribution in [0.4, 0.5) is 5.69 Å². The molecule has 0 aliphatic carbocycles. The minimum absolute atomic E-state index is 0.00856. The molecule has 1 saturated heterocycles. The summed E-state index contributed by atoms with van der Waals surface area (Å²) in [6.45, 7) is 5.14. The number of nitro benzene ring substituents is 1. The maximum absolute atomic E-state index is 12.5. The van der Waals surface area contributed by atoms with Gasteiger partial charge in [-0.2, -0.15) is 0 Å². The van der Waals surface area contributed by atoms with Crippen LogP contribution in [0.3, 0.4) is 0 Å². The van der Waals surface area contributed by atoms with Gasteiger partial charge in [0.15, 0.2) is 0 Å². The van der Waals surface area contributed by atoms with E-state index in [1.165, 1.54) is 12.1 Å². The predicted octanol–water partition coefficient (Wildman–Crippen LogP) is 1.89. The van der Waals surface area contributed by atoms with E-state index in [0.29, 0.717) is 18.7 Å². The quantitative estimate of drug-likeness (QED) is 0.680. The minimum Gasteiger partial charge on any atom is -0.342 e. The molecule has 1 aliphatic rings. The molecule has 0 aromatic heterocycles. The van der Waals surface area contributed by atoms with E-state index in [2.05, 4.69) is 0 Å². The fraction of sp³-hybridized carbons (Fsp3) is 0.533. The number of nitrogens with two attached hydrogens (primary N) is 1. The molecule has 3 atom stereocenters. The van der Waals surface area contributed by atoms with Gasteiger partial charge in [0, 0.05) is 31.3 Å². The molecule has 0 spiro atoms. The van der Waals surface area contributed by atoms with Crippen LogP contribution in [0.5, 0.6) is 0 Å². The van der Waals surface area contributed by atoms with Gasteiger partial charge >= 0.3 is 0 Å². The third-order valence-corrected chi connectivity index (χ3v) is 4.23. The molecule has 6 heteroatoms. The van der Waals surface area contributed by atoms with Crippen molar-refractivity contribution < 1.29 is 9.72 Å². The summed E-state index contributed by atoms with van der Waals surface area (Å²) in [4.78, 5) is 24.7. The van der Waals surface area contributed by atoms with Gasteiger partial charge in [0.05, 0.1) is 10.8 Å². The summed E-state index contributed by atoms with van der Waals surface area (Å²) < 4.78 is 0. The molecule has 1 aromatic rings. The van der Waals surface area contributed by atoms with Crippen molar-refractivity contribution in [1.29, 1.82) is 0 Å². The molecule has 21 heavy (non-hydrogen) atoms. The highest BCUT2D eigenvalue weighted by Crippen LogP contribution is 2.25. The molecule has 1 aromatic carbocycles. The maximum Gasteiger partial charge on any atom is 0.269 e. The zero-order chi connectivity index (χ0) is 15.6. The topological polar surface area (TPSA) is 89.5 Å². The number of nitrogens with zero attached hydrogens (tertiary/aromatic N) is 2. The molecule has 1 fully saturated rings. The molecule has 2 rings (SSSR count). The number of amides is 1. The van der Waals surface area contributed by atoms with Gasteiger partial charge in [-0.1, -0.05) is 19.1 Å². The maximum atomic E-state index is 12.5. The van der Waals surface area contributed by atoms with Crippen LogP contribution >= 0.6 is 0 Å². The van der Waals surface area contributed by atoms with Gasteiger partial charge in [0.2, 0.25) is 5.91 Å². The summed E-state index contributed by atoms with van der Waals surface area (Å²) in [5.74, 6) is -0.0966. The molecular weight excluding hydrogens is 270 g/mol. The number of carbonyl (C=O) groups excluding carboxylic acids is 1. The lowest BCUT2D eigenvalue weighted by atomic mass is 9.92. The molecule has 0 radical (unpaired) electrons. The summed E-state index contributed by atoms with van der Waals surface area (Å²) in [5, 5.41) is 10.8. The number of rotatable bonds is 3. The second-order valence-electron chi connectivity index (χ2n) is 5.79. The van der Waals surface area contributed by atoms with E-state index in [9.17, 15) is 14.9 Å². The Kier molecular flexibility index (Phi) is 4.57. The molecule has 1 aliphatic heterocycles. The first-order valence-corrected chi connectivity index (χ1v) is 7.19. The van der Waals surface area contributed by atoms with Crippen LogP contribution in [0.1, 0.15) is 31.7 Å². The third kappa shape index (κ3) is 3.39. The smallest absolute Gasteiger partial charge is 0.269 e. The second kappa shape index (κ2) is 6.22. The number of carbonyl (C=O) groups is 1. The molecule has 0 bridgehead atoms. The Labute approximate surface area is 124 Å². The van der Waals surface area contributed by atoms with Crippen LogP contribution < -0.4 is 5.73 Å². The molecule has 3 unspecified atom stereocenters. The van der Waals surface area contributed by atoms with Crippen molar-refractivity contribution in [1.82, 2.24) is 4.90 Å². The predicted molar refractivity (Wildman–Crippen MR) is 79.8 cm³/mol. The van der Waals surface area contributed by atoms with Crippen LogP contribution in [0, 0.1) is 16.0 Å². The zero-order valence-corrected chi connectivity index (χ0v) is 12.4. The second-order valence-corrected chi connectivity index (χ2v) is 5.79. The first-order valence-electron chi connectivity index (χ1n) is 7.19. The lowest BCUT2D eigenvalue weighted by molar-refractivity contribution is -0.384. The van der Waals surface area contributed by atoms with E-state index >= 15 is 0 Å². The van der Waals surface area contributed by atoms with Crippen molar-refractivity contribution in [2.45, 2.75) is 32.2 Å². The lowest BCUT2D eigenvalue weighted by Gasteiger charge is -2.36. The van der Waals surface area contributed by atoms with Crippen molar-refractivity contribution in [2.24, 2.45) is 11.7 Å². The Bertz CT molecular complexity index is 547. The number of non-ortho nitro benzene ring substituents is 1. The summed E-state index contributed by atoms with van der Waals surface area (Å²) in [7, 11) is 0. The van der Waals surface area contributed by atoms with Crippen LogP contribution in [0.15, 0.2) is 24.3 Å². The van der Waals surface area contributed by atoms with Gasteiger partial charge in [-0.05, 0) is 24.8 Å². The van der Waals surface area contributed by atoms with Crippen LogP contribution in [0.2, 0.25) is 0 Å². The Morgan fingerprint density at radius 3 is 2.86 bits per heavy atom. The van der Waals surface area contributed by atoms with E-state index in [1.807, 2.05) is 11.8 Å². The highest BCUT2D eigenvalue weighted by Gasteiger charge is 2.29. The minimum atomic E-state index is -0.442. The Hall–Kier alpha value is -1.95. The van der Waals surface area contributed by atoms with Crippen molar-refractivity contribution in [2.75, 3.05) is 13.1 Å². The standard InChI is InChI=1S/C15H21N3O3/c1-10-9-17(7-6-14(10)16)15(19)11(2)12-4-3-5-13(8-12)18(20)21/h3-5,8,10-11,14H,6-7,9,16H2,1-2H3. The fourth-order valence-corrected chi connectivity index (χ4v) is 2.69. The number of benzene rings is 1. The Morgan fingerprint density at radius 1 is 1.52 bits per heavy atom. The van der Waals surface area contributed by atoms with E-state index in [1.54, 1.807) is 19.1 Å². The molecule has 0 saturated carbocycles. The summed E-state index contributed by atoms with van der Waals surface area (Å²) in [6.07, 6.45) is 0.800. The number of nitro groups is 1. The van der Waals surface area contributed by atoms with Crippen LogP contribution in [-0.4, -0.2) is 34.9 Å². The summed E-state index contributed by atoms with van der Waals surface area (Å²) in [5.41, 5.74) is 6.66. The van der Waals surface area contributed by atoms with Crippen molar-refractivity contribution in [3.05, 3.63) is 39.9 Å². The Morgan fingerprint density at radius 2 is 2.24 bits per heavy atom. The van der Waals surface area contributed by atoms with E-state index < -0.39 is 4.92 Å². The summed E-state index contributed by atoms with van der Waals surface area (Å²) in [6, 6.07) is 6.42. The number of hydrogen-bond acceptors (Lipinski definition) is 4. The van der Waals surface area contributed by atoms with Gasteiger partial charge in [0.25, 0.3) is 5.69 Å². The van der Waals surface area contributed by atoms with Gasteiger partial charge in [-0.25, -0.2) is 0 Å². The largest absolute Gasteiger partial charge is 0.342 e.